The summed E-state index contributed by atoms with van der Waals surface area (Å²) in [5.74, 6) is 0.615. The normalized spacial score (nSPS) is 10.9. The van der Waals surface area contributed by atoms with Crippen LogP contribution in [0.15, 0.2) is 85.2 Å². The van der Waals surface area contributed by atoms with Crippen molar-refractivity contribution in [3.8, 4) is 22.6 Å². The number of carbonyl (C=O) groups excluding carboxylic acids is 1. The average Bonchev–Trinajstić information content (AvgIpc) is 3.32. The third-order valence-electron chi connectivity index (χ3n) is 5.63. The quantitative estimate of drug-likeness (QED) is 0.316. The fourth-order valence-corrected chi connectivity index (χ4v) is 3.80. The van der Waals surface area contributed by atoms with Crippen molar-refractivity contribution in [2.75, 3.05) is 10.6 Å². The van der Waals surface area contributed by atoms with Gasteiger partial charge in [0.25, 0.3) is 0 Å². The second-order valence-electron chi connectivity index (χ2n) is 8.21. The molecule has 0 fully saturated rings. The van der Waals surface area contributed by atoms with Crippen LogP contribution in [0.3, 0.4) is 0 Å². The van der Waals surface area contributed by atoms with Crippen LogP contribution in [0.2, 0.25) is 0 Å². The molecule has 8 nitrogen and oxygen atoms in total. The van der Waals surface area contributed by atoms with E-state index in [0.29, 0.717) is 17.2 Å². The van der Waals surface area contributed by atoms with E-state index in [2.05, 4.69) is 44.9 Å². The Balaban J connectivity index is 1.32. The Morgan fingerprint density at radius 3 is 2.51 bits per heavy atom. The van der Waals surface area contributed by atoms with E-state index in [4.69, 9.17) is 5.10 Å². The van der Waals surface area contributed by atoms with Crippen molar-refractivity contribution in [3.63, 3.8) is 0 Å². The molecule has 0 spiro atoms. The second-order valence-corrected chi connectivity index (χ2v) is 8.21. The van der Waals surface area contributed by atoms with Crippen molar-refractivity contribution < 1.29 is 4.79 Å². The molecular formula is C27H25N7O. The molecule has 0 saturated heterocycles. The number of pyridine rings is 1. The summed E-state index contributed by atoms with van der Waals surface area (Å²) in [6.07, 6.45) is 6.81. The maximum atomic E-state index is 12.6. The number of rotatable bonds is 7. The van der Waals surface area contributed by atoms with Gasteiger partial charge in [-0.15, -0.1) is 10.2 Å². The van der Waals surface area contributed by atoms with Crippen LogP contribution >= 0.6 is 0 Å². The lowest BCUT2D eigenvalue weighted by Crippen LogP contribution is -2.19. The van der Waals surface area contributed by atoms with Crippen molar-refractivity contribution in [3.05, 3.63) is 90.8 Å². The zero-order valence-electron chi connectivity index (χ0n) is 19.3. The van der Waals surface area contributed by atoms with Crippen LogP contribution in [0, 0.1) is 0 Å². The number of hydrogen-bond acceptors (Lipinski definition) is 5. The van der Waals surface area contributed by atoms with E-state index >= 15 is 0 Å². The van der Waals surface area contributed by atoms with Crippen LogP contribution in [0.25, 0.3) is 28.3 Å². The maximum absolute atomic E-state index is 12.6. The Hall–Kier alpha value is -4.59. The Morgan fingerprint density at radius 2 is 1.71 bits per heavy atom. The summed E-state index contributed by atoms with van der Waals surface area (Å²) < 4.78 is 1.70. The van der Waals surface area contributed by atoms with E-state index < -0.39 is 0 Å². The van der Waals surface area contributed by atoms with Crippen molar-refractivity contribution in [2.24, 2.45) is 0 Å². The summed E-state index contributed by atoms with van der Waals surface area (Å²) in [6, 6.07) is 22.7. The molecule has 0 radical (unpaired) electrons. The number of hydrogen-bond donors (Lipinski definition) is 2. The van der Waals surface area contributed by atoms with Crippen molar-refractivity contribution in [1.29, 1.82) is 0 Å². The van der Waals surface area contributed by atoms with Gasteiger partial charge in [0.15, 0.2) is 11.5 Å². The zero-order valence-corrected chi connectivity index (χ0v) is 19.3. The number of aryl methyl sites for hydroxylation is 1. The molecule has 35 heavy (non-hydrogen) atoms. The Labute approximate surface area is 203 Å². The number of nitrogens with zero attached hydrogens (tertiary/aromatic N) is 5. The van der Waals surface area contributed by atoms with Gasteiger partial charge in [0, 0.05) is 34.9 Å². The third kappa shape index (κ3) is 5.16. The van der Waals surface area contributed by atoms with Gasteiger partial charge < -0.3 is 10.6 Å². The summed E-state index contributed by atoms with van der Waals surface area (Å²) in [4.78, 5) is 16.7. The summed E-state index contributed by atoms with van der Waals surface area (Å²) >= 11 is 0. The predicted molar refractivity (Wildman–Crippen MR) is 137 cm³/mol. The lowest BCUT2D eigenvalue weighted by Gasteiger charge is -2.10. The summed E-state index contributed by atoms with van der Waals surface area (Å²) in [5, 5.41) is 19.0. The molecule has 0 saturated carbocycles. The molecule has 0 bridgehead atoms. The highest BCUT2D eigenvalue weighted by Crippen LogP contribution is 2.23. The second kappa shape index (κ2) is 10.1. The van der Waals surface area contributed by atoms with Gasteiger partial charge >= 0.3 is 6.03 Å². The van der Waals surface area contributed by atoms with Gasteiger partial charge in [0.1, 0.15) is 0 Å². The summed E-state index contributed by atoms with van der Waals surface area (Å²) in [6.45, 7) is 2.18. The molecule has 174 valence electrons. The number of carbonyl (C=O) groups is 1. The lowest BCUT2D eigenvalue weighted by atomic mass is 10.1. The molecule has 8 heteroatoms. The van der Waals surface area contributed by atoms with Crippen LogP contribution in [0.4, 0.5) is 16.2 Å². The van der Waals surface area contributed by atoms with Gasteiger partial charge in [-0.1, -0.05) is 37.6 Å². The zero-order chi connectivity index (χ0) is 24.0. The van der Waals surface area contributed by atoms with Crippen LogP contribution in [0.5, 0.6) is 0 Å². The molecule has 0 aliphatic heterocycles. The van der Waals surface area contributed by atoms with Gasteiger partial charge in [-0.3, -0.25) is 4.98 Å². The third-order valence-corrected chi connectivity index (χ3v) is 5.63. The average molecular weight is 464 g/mol. The van der Waals surface area contributed by atoms with Crippen LogP contribution in [-0.2, 0) is 6.42 Å². The summed E-state index contributed by atoms with van der Waals surface area (Å²) in [7, 11) is 0. The number of benzene rings is 2. The minimum Gasteiger partial charge on any atom is -0.308 e. The molecule has 0 aliphatic rings. The molecule has 5 aromatic rings. The van der Waals surface area contributed by atoms with E-state index in [0.717, 1.165) is 41.8 Å². The highest BCUT2D eigenvalue weighted by molar-refractivity contribution is 6.00. The number of amides is 2. The molecule has 3 aromatic heterocycles. The van der Waals surface area contributed by atoms with Crippen molar-refractivity contribution in [1.82, 2.24) is 24.8 Å². The van der Waals surface area contributed by atoms with E-state index in [1.807, 2.05) is 60.7 Å². The first-order valence-electron chi connectivity index (χ1n) is 11.6. The number of fused-ring (bicyclic) bond motifs is 1. The Kier molecular flexibility index (Phi) is 6.43. The minimum atomic E-state index is -0.301. The number of aromatic nitrogens is 5. The fraction of sp³-hybridized carbons (Fsp3) is 0.148. The fourth-order valence-electron chi connectivity index (χ4n) is 3.80. The van der Waals surface area contributed by atoms with Gasteiger partial charge in [0.2, 0.25) is 0 Å². The number of nitrogens with one attached hydrogen (secondary N) is 2. The number of urea groups is 1. The van der Waals surface area contributed by atoms with E-state index in [1.165, 1.54) is 5.56 Å². The first-order chi connectivity index (χ1) is 17.2. The van der Waals surface area contributed by atoms with Gasteiger partial charge in [0.05, 0.1) is 5.69 Å². The molecule has 2 aromatic carbocycles. The first-order valence-corrected chi connectivity index (χ1v) is 11.6. The van der Waals surface area contributed by atoms with E-state index in [9.17, 15) is 4.79 Å². The lowest BCUT2D eigenvalue weighted by molar-refractivity contribution is 0.262. The van der Waals surface area contributed by atoms with Crippen LogP contribution in [0.1, 0.15) is 25.3 Å². The number of unbranched alkanes of at least 4 members (excludes halogenated alkanes) is 1. The monoisotopic (exact) mass is 463 g/mol. The molecule has 0 aliphatic carbocycles. The first kappa shape index (κ1) is 22.2. The summed E-state index contributed by atoms with van der Waals surface area (Å²) in [5.41, 5.74) is 5.75. The largest absolute Gasteiger partial charge is 0.323 e. The Bertz CT molecular complexity index is 1450. The van der Waals surface area contributed by atoms with E-state index in [1.54, 1.807) is 16.9 Å². The van der Waals surface area contributed by atoms with Crippen molar-refractivity contribution in [2.45, 2.75) is 26.2 Å². The highest BCUT2D eigenvalue weighted by Gasteiger charge is 2.11. The predicted octanol–water partition coefficient (Wildman–Crippen LogP) is 5.84. The SMILES string of the molecule is CCCCc1ccc(NC(=O)Nc2cccc(-c3ccc4nnc(-c5cccnc5)n4n3)c2)cc1. The maximum Gasteiger partial charge on any atom is 0.323 e. The molecule has 5 rings (SSSR count). The minimum absolute atomic E-state index is 0.301. The van der Waals surface area contributed by atoms with Gasteiger partial charge in [-0.05, 0) is 66.9 Å². The standard InChI is InChI=1S/C27H25N7O/c1-2-3-6-19-10-12-22(13-11-19)29-27(35)30-23-9-4-7-20(17-23)24-14-15-25-31-32-26(34(25)33-24)21-8-5-16-28-18-21/h4-5,7-18H,2-3,6H2,1H3,(H2,29,30,35). The smallest absolute Gasteiger partial charge is 0.308 e. The van der Waals surface area contributed by atoms with Crippen LogP contribution in [-0.4, -0.2) is 30.8 Å². The molecule has 0 unspecified atom stereocenters. The molecule has 2 amide bonds. The number of anilines is 2. The van der Waals surface area contributed by atoms with E-state index in [-0.39, 0.29) is 6.03 Å². The highest BCUT2D eigenvalue weighted by atomic mass is 16.2. The van der Waals surface area contributed by atoms with Gasteiger partial charge in [-0.2, -0.15) is 9.61 Å². The van der Waals surface area contributed by atoms with Crippen molar-refractivity contribution >= 4 is 23.1 Å². The van der Waals surface area contributed by atoms with Crippen LogP contribution < -0.4 is 10.6 Å². The molecule has 2 N–H and O–H groups in total. The Morgan fingerprint density at radius 1 is 0.886 bits per heavy atom. The van der Waals surface area contributed by atoms with Gasteiger partial charge in [-0.25, -0.2) is 4.79 Å². The topological polar surface area (TPSA) is 97.1 Å². The molecular weight excluding hydrogens is 438 g/mol. The molecule has 0 atom stereocenters. The molecule has 3 heterocycles.